The zero-order valence-corrected chi connectivity index (χ0v) is 10.5. The Kier molecular flexibility index (Phi) is 11.8. The van der Waals surface area contributed by atoms with Gasteiger partial charge in [0, 0.05) is 32.2 Å². The Hall–Kier alpha value is -0.160. The molecule has 0 saturated heterocycles. The van der Waals surface area contributed by atoms with Crippen LogP contribution in [0.3, 0.4) is 0 Å². The molecular formula is C11H28N4. The van der Waals surface area contributed by atoms with Crippen LogP contribution in [0.1, 0.15) is 20.3 Å². The topological polar surface area (TPSA) is 48.1 Å². The SMILES string of the molecule is CNCCNCCCNCCNC(C)C. The van der Waals surface area contributed by atoms with Crippen molar-refractivity contribution in [1.82, 2.24) is 21.3 Å². The molecule has 92 valence electrons. The van der Waals surface area contributed by atoms with Crippen LogP contribution in [0.25, 0.3) is 0 Å². The van der Waals surface area contributed by atoms with Gasteiger partial charge in [-0.3, -0.25) is 0 Å². The quantitative estimate of drug-likeness (QED) is 0.361. The fourth-order valence-corrected chi connectivity index (χ4v) is 1.25. The lowest BCUT2D eigenvalue weighted by Crippen LogP contribution is -2.33. The molecule has 0 amide bonds. The van der Waals surface area contributed by atoms with Crippen molar-refractivity contribution in [2.75, 3.05) is 46.3 Å². The maximum Gasteiger partial charge on any atom is 0.00790 e. The van der Waals surface area contributed by atoms with Crippen LogP contribution < -0.4 is 21.3 Å². The number of hydrogen-bond donors (Lipinski definition) is 4. The van der Waals surface area contributed by atoms with E-state index in [1.807, 2.05) is 7.05 Å². The van der Waals surface area contributed by atoms with Gasteiger partial charge in [-0.25, -0.2) is 0 Å². The summed E-state index contributed by atoms with van der Waals surface area (Å²) in [4.78, 5) is 0. The predicted octanol–water partition coefficient (Wildman–Crippen LogP) is -0.227. The standard InChI is InChI=1S/C11H28N4/c1-11(2)15-10-9-14-6-4-5-13-8-7-12-3/h11-15H,4-10H2,1-3H3. The van der Waals surface area contributed by atoms with Gasteiger partial charge < -0.3 is 21.3 Å². The van der Waals surface area contributed by atoms with Crippen molar-refractivity contribution in [1.29, 1.82) is 0 Å². The summed E-state index contributed by atoms with van der Waals surface area (Å²) in [6, 6.07) is 0.593. The van der Waals surface area contributed by atoms with Gasteiger partial charge in [0.2, 0.25) is 0 Å². The van der Waals surface area contributed by atoms with Crippen LogP contribution in [-0.4, -0.2) is 52.4 Å². The Morgan fingerprint density at radius 2 is 1.40 bits per heavy atom. The molecule has 0 aromatic carbocycles. The van der Waals surface area contributed by atoms with E-state index in [4.69, 9.17) is 0 Å². The first-order valence-corrected chi connectivity index (χ1v) is 6.06. The van der Waals surface area contributed by atoms with Gasteiger partial charge in [0.05, 0.1) is 0 Å². The Morgan fingerprint density at radius 3 is 1.93 bits per heavy atom. The Labute approximate surface area is 94.6 Å². The largest absolute Gasteiger partial charge is 0.318 e. The highest BCUT2D eigenvalue weighted by molar-refractivity contribution is 4.57. The van der Waals surface area contributed by atoms with Gasteiger partial charge >= 0.3 is 0 Å². The van der Waals surface area contributed by atoms with E-state index in [0.29, 0.717) is 6.04 Å². The molecule has 0 unspecified atom stereocenters. The van der Waals surface area contributed by atoms with Crippen LogP contribution in [0.4, 0.5) is 0 Å². The third kappa shape index (κ3) is 13.8. The summed E-state index contributed by atoms with van der Waals surface area (Å²) < 4.78 is 0. The van der Waals surface area contributed by atoms with Gasteiger partial charge in [0.15, 0.2) is 0 Å². The summed E-state index contributed by atoms with van der Waals surface area (Å²) >= 11 is 0. The smallest absolute Gasteiger partial charge is 0.00790 e. The van der Waals surface area contributed by atoms with Crippen LogP contribution in [-0.2, 0) is 0 Å². The molecule has 4 N–H and O–H groups in total. The molecular weight excluding hydrogens is 188 g/mol. The van der Waals surface area contributed by atoms with Gasteiger partial charge in [-0.1, -0.05) is 13.8 Å². The molecule has 0 aliphatic heterocycles. The maximum absolute atomic E-state index is 3.41. The molecule has 0 spiro atoms. The molecule has 0 fully saturated rings. The summed E-state index contributed by atoms with van der Waals surface area (Å²) in [7, 11) is 1.98. The molecule has 0 aliphatic carbocycles. The highest BCUT2D eigenvalue weighted by Crippen LogP contribution is 1.75. The van der Waals surface area contributed by atoms with E-state index in [0.717, 1.165) is 39.3 Å². The molecule has 0 saturated carbocycles. The van der Waals surface area contributed by atoms with E-state index in [-0.39, 0.29) is 0 Å². The lowest BCUT2D eigenvalue weighted by molar-refractivity contribution is 0.540. The Morgan fingerprint density at radius 1 is 0.800 bits per heavy atom. The minimum absolute atomic E-state index is 0.593. The third-order valence-corrected chi connectivity index (χ3v) is 2.11. The first-order valence-electron chi connectivity index (χ1n) is 6.06. The zero-order chi connectivity index (χ0) is 11.4. The van der Waals surface area contributed by atoms with Crippen LogP contribution in [0.5, 0.6) is 0 Å². The molecule has 4 heteroatoms. The van der Waals surface area contributed by atoms with Crippen molar-refractivity contribution in [3.8, 4) is 0 Å². The van der Waals surface area contributed by atoms with Crippen LogP contribution in [0.15, 0.2) is 0 Å². The van der Waals surface area contributed by atoms with Crippen molar-refractivity contribution in [2.24, 2.45) is 0 Å². The lowest BCUT2D eigenvalue weighted by Gasteiger charge is -2.09. The second-order valence-corrected chi connectivity index (χ2v) is 4.07. The van der Waals surface area contributed by atoms with Crippen molar-refractivity contribution in [3.63, 3.8) is 0 Å². The minimum atomic E-state index is 0.593. The van der Waals surface area contributed by atoms with Gasteiger partial charge in [-0.05, 0) is 26.6 Å². The number of nitrogens with one attached hydrogen (secondary N) is 4. The maximum atomic E-state index is 3.41. The molecule has 4 nitrogen and oxygen atoms in total. The van der Waals surface area contributed by atoms with Crippen LogP contribution in [0, 0.1) is 0 Å². The van der Waals surface area contributed by atoms with E-state index in [1.165, 1.54) is 6.42 Å². The first kappa shape index (κ1) is 14.8. The van der Waals surface area contributed by atoms with Gasteiger partial charge in [-0.2, -0.15) is 0 Å². The summed E-state index contributed by atoms with van der Waals surface area (Å²) in [6.07, 6.45) is 1.20. The molecule has 0 aromatic rings. The summed E-state index contributed by atoms with van der Waals surface area (Å²) in [6.45, 7) is 10.8. The molecule has 0 heterocycles. The summed E-state index contributed by atoms with van der Waals surface area (Å²) in [5.74, 6) is 0. The van der Waals surface area contributed by atoms with Crippen molar-refractivity contribution in [2.45, 2.75) is 26.3 Å². The molecule has 0 radical (unpaired) electrons. The van der Waals surface area contributed by atoms with Crippen molar-refractivity contribution in [3.05, 3.63) is 0 Å². The van der Waals surface area contributed by atoms with E-state index < -0.39 is 0 Å². The normalized spacial score (nSPS) is 11.2. The Bertz CT molecular complexity index is 117. The second kappa shape index (κ2) is 11.9. The first-order chi connectivity index (χ1) is 7.27. The predicted molar refractivity (Wildman–Crippen MR) is 67.4 cm³/mol. The third-order valence-electron chi connectivity index (χ3n) is 2.11. The zero-order valence-electron chi connectivity index (χ0n) is 10.5. The highest BCUT2D eigenvalue weighted by atomic mass is 15.0. The highest BCUT2D eigenvalue weighted by Gasteiger charge is 1.91. The monoisotopic (exact) mass is 216 g/mol. The Balaban J connectivity index is 2.87. The van der Waals surface area contributed by atoms with Gasteiger partial charge in [0.1, 0.15) is 0 Å². The number of likely N-dealkylation sites (N-methyl/N-ethyl adjacent to an activating group) is 1. The molecule has 0 rings (SSSR count). The number of rotatable bonds is 11. The van der Waals surface area contributed by atoms with Gasteiger partial charge in [-0.15, -0.1) is 0 Å². The van der Waals surface area contributed by atoms with Crippen molar-refractivity contribution >= 4 is 0 Å². The van der Waals surface area contributed by atoms with Gasteiger partial charge in [0.25, 0.3) is 0 Å². The molecule has 0 aliphatic rings. The van der Waals surface area contributed by atoms with E-state index in [1.54, 1.807) is 0 Å². The molecule has 0 aromatic heterocycles. The summed E-state index contributed by atoms with van der Waals surface area (Å²) in [5, 5.41) is 13.3. The van der Waals surface area contributed by atoms with E-state index >= 15 is 0 Å². The minimum Gasteiger partial charge on any atom is -0.318 e. The second-order valence-electron chi connectivity index (χ2n) is 4.07. The number of hydrogen-bond acceptors (Lipinski definition) is 4. The molecule has 0 bridgehead atoms. The van der Waals surface area contributed by atoms with E-state index in [2.05, 4.69) is 35.1 Å². The average Bonchev–Trinajstić information content (AvgIpc) is 2.20. The van der Waals surface area contributed by atoms with E-state index in [9.17, 15) is 0 Å². The fraction of sp³-hybridized carbons (Fsp3) is 1.00. The average molecular weight is 216 g/mol. The lowest BCUT2D eigenvalue weighted by atomic mass is 10.4. The van der Waals surface area contributed by atoms with Crippen LogP contribution in [0.2, 0.25) is 0 Å². The van der Waals surface area contributed by atoms with Crippen molar-refractivity contribution < 1.29 is 0 Å². The summed E-state index contributed by atoms with van der Waals surface area (Å²) in [5.41, 5.74) is 0. The van der Waals surface area contributed by atoms with Crippen LogP contribution >= 0.6 is 0 Å². The molecule has 0 atom stereocenters. The molecule has 15 heavy (non-hydrogen) atoms. The fourth-order valence-electron chi connectivity index (χ4n) is 1.25.